The molecule has 1 saturated heterocycles. The van der Waals surface area contributed by atoms with Gasteiger partial charge in [0, 0.05) is 26.2 Å². The first kappa shape index (κ1) is 16.5. The molecule has 1 aromatic carbocycles. The predicted molar refractivity (Wildman–Crippen MR) is 92.9 cm³/mol. The second-order valence-corrected chi connectivity index (χ2v) is 5.98. The van der Waals surface area contributed by atoms with E-state index in [2.05, 4.69) is 16.9 Å². The quantitative estimate of drug-likeness (QED) is 0.861. The summed E-state index contributed by atoms with van der Waals surface area (Å²) in [4.78, 5) is 17.1. The zero-order valence-electron chi connectivity index (χ0n) is 14.5. The van der Waals surface area contributed by atoms with E-state index in [0.717, 1.165) is 49.9 Å². The van der Waals surface area contributed by atoms with Crippen LogP contribution in [0.25, 0.3) is 5.69 Å². The highest BCUT2D eigenvalue weighted by Crippen LogP contribution is 2.19. The average Bonchev–Trinajstić information content (AvgIpc) is 3.02. The Balaban J connectivity index is 1.78. The lowest BCUT2D eigenvalue weighted by Gasteiger charge is -2.34. The Labute approximate surface area is 142 Å². The maximum absolute atomic E-state index is 12.8. The number of carbonyl (C=O) groups is 1. The zero-order valence-corrected chi connectivity index (χ0v) is 14.5. The molecule has 0 spiro atoms. The van der Waals surface area contributed by atoms with Gasteiger partial charge in [0.15, 0.2) is 0 Å². The molecule has 0 saturated carbocycles. The number of hydrogen-bond donors (Lipinski definition) is 0. The minimum absolute atomic E-state index is 0.0722. The van der Waals surface area contributed by atoms with Crippen molar-refractivity contribution in [2.24, 2.45) is 0 Å². The molecule has 1 fully saturated rings. The molecule has 2 aromatic rings. The van der Waals surface area contributed by atoms with Gasteiger partial charge in [0.1, 0.15) is 5.75 Å². The van der Waals surface area contributed by atoms with Crippen molar-refractivity contribution in [3.8, 4) is 11.4 Å². The minimum Gasteiger partial charge on any atom is -0.497 e. The van der Waals surface area contributed by atoms with E-state index < -0.39 is 0 Å². The molecule has 0 N–H and O–H groups in total. The number of methoxy groups -OCH3 is 1. The third kappa shape index (κ3) is 3.14. The van der Waals surface area contributed by atoms with Gasteiger partial charge in [-0.05, 0) is 37.7 Å². The van der Waals surface area contributed by atoms with Crippen LogP contribution in [0.5, 0.6) is 5.75 Å². The van der Waals surface area contributed by atoms with Gasteiger partial charge in [-0.1, -0.05) is 6.92 Å². The van der Waals surface area contributed by atoms with E-state index in [4.69, 9.17) is 4.74 Å². The lowest BCUT2D eigenvalue weighted by atomic mass is 10.2. The highest BCUT2D eigenvalue weighted by atomic mass is 16.5. The minimum atomic E-state index is 0.0722. The third-order valence-corrected chi connectivity index (χ3v) is 4.66. The summed E-state index contributed by atoms with van der Waals surface area (Å²) in [6, 6.07) is 7.66. The summed E-state index contributed by atoms with van der Waals surface area (Å²) in [5.41, 5.74) is 2.46. The van der Waals surface area contributed by atoms with Gasteiger partial charge in [-0.2, -0.15) is 5.10 Å². The summed E-state index contributed by atoms with van der Waals surface area (Å²) in [7, 11) is 1.64. The predicted octanol–water partition coefficient (Wildman–Crippen LogP) is 1.97. The van der Waals surface area contributed by atoms with E-state index >= 15 is 0 Å². The number of likely N-dealkylation sites (N-methyl/N-ethyl adjacent to an activating group) is 1. The Bertz CT molecular complexity index is 700. The molecule has 3 rings (SSSR count). The fourth-order valence-electron chi connectivity index (χ4n) is 3.04. The normalized spacial score (nSPS) is 15.5. The van der Waals surface area contributed by atoms with Crippen molar-refractivity contribution in [3.63, 3.8) is 0 Å². The van der Waals surface area contributed by atoms with Gasteiger partial charge < -0.3 is 14.5 Å². The van der Waals surface area contributed by atoms with Gasteiger partial charge in [0.05, 0.1) is 30.3 Å². The molecule has 6 nitrogen and oxygen atoms in total. The van der Waals surface area contributed by atoms with Gasteiger partial charge in [0.2, 0.25) is 0 Å². The second kappa shape index (κ2) is 7.05. The number of benzene rings is 1. The van der Waals surface area contributed by atoms with E-state index in [0.29, 0.717) is 5.56 Å². The molecule has 24 heavy (non-hydrogen) atoms. The van der Waals surface area contributed by atoms with E-state index in [1.165, 1.54) is 0 Å². The molecular weight excluding hydrogens is 304 g/mol. The van der Waals surface area contributed by atoms with Crippen LogP contribution in [0.2, 0.25) is 0 Å². The largest absolute Gasteiger partial charge is 0.497 e. The highest BCUT2D eigenvalue weighted by Gasteiger charge is 2.24. The molecule has 6 heteroatoms. The summed E-state index contributed by atoms with van der Waals surface area (Å²) in [5.74, 6) is 0.872. The van der Waals surface area contributed by atoms with E-state index in [9.17, 15) is 4.79 Å². The van der Waals surface area contributed by atoms with Crippen molar-refractivity contribution >= 4 is 5.91 Å². The van der Waals surface area contributed by atoms with Crippen molar-refractivity contribution in [2.75, 3.05) is 39.8 Å². The molecule has 128 valence electrons. The van der Waals surface area contributed by atoms with Gasteiger partial charge in [-0.15, -0.1) is 0 Å². The highest BCUT2D eigenvalue weighted by molar-refractivity contribution is 5.95. The second-order valence-electron chi connectivity index (χ2n) is 5.98. The molecule has 1 amide bonds. The van der Waals surface area contributed by atoms with E-state index in [-0.39, 0.29) is 5.91 Å². The third-order valence-electron chi connectivity index (χ3n) is 4.66. The zero-order chi connectivity index (χ0) is 17.1. The molecule has 1 aliphatic heterocycles. The number of ether oxygens (including phenoxy) is 1. The van der Waals surface area contributed by atoms with Crippen LogP contribution in [0, 0.1) is 6.92 Å². The number of aromatic nitrogens is 2. The van der Waals surface area contributed by atoms with Gasteiger partial charge in [-0.25, -0.2) is 4.68 Å². The van der Waals surface area contributed by atoms with Crippen molar-refractivity contribution in [3.05, 3.63) is 41.7 Å². The summed E-state index contributed by atoms with van der Waals surface area (Å²) in [5, 5.41) is 4.41. The number of carbonyl (C=O) groups excluding carboxylic acids is 1. The van der Waals surface area contributed by atoms with E-state index in [1.54, 1.807) is 18.0 Å². The Morgan fingerprint density at radius 1 is 1.17 bits per heavy atom. The Kier molecular flexibility index (Phi) is 4.85. The first-order valence-corrected chi connectivity index (χ1v) is 8.34. The van der Waals surface area contributed by atoms with E-state index in [1.807, 2.05) is 36.1 Å². The number of piperazine rings is 1. The standard InChI is InChI=1S/C18H24N4O2/c1-4-20-9-11-21(12-10-20)18(23)17-13-19-22(14(17)2)15-5-7-16(24-3)8-6-15/h5-8,13H,4,9-12H2,1-3H3. The lowest BCUT2D eigenvalue weighted by Crippen LogP contribution is -2.48. The maximum atomic E-state index is 12.8. The molecule has 2 heterocycles. The Morgan fingerprint density at radius 3 is 2.42 bits per heavy atom. The SMILES string of the molecule is CCN1CCN(C(=O)c2cnn(-c3ccc(OC)cc3)c2C)CC1. The summed E-state index contributed by atoms with van der Waals surface area (Å²) in [6.07, 6.45) is 1.67. The van der Waals surface area contributed by atoms with Crippen LogP contribution >= 0.6 is 0 Å². The van der Waals surface area contributed by atoms with Gasteiger partial charge in [-0.3, -0.25) is 4.79 Å². The first-order chi connectivity index (χ1) is 11.6. The molecular formula is C18H24N4O2. The molecule has 1 aromatic heterocycles. The van der Waals surface area contributed by atoms with Crippen LogP contribution in [0.4, 0.5) is 0 Å². The molecule has 0 bridgehead atoms. The molecule has 0 unspecified atom stereocenters. The van der Waals surface area contributed by atoms with Crippen LogP contribution in [-0.2, 0) is 0 Å². The van der Waals surface area contributed by atoms with Crippen LogP contribution < -0.4 is 4.74 Å². The van der Waals surface area contributed by atoms with Crippen molar-refractivity contribution < 1.29 is 9.53 Å². The fourth-order valence-corrected chi connectivity index (χ4v) is 3.04. The summed E-state index contributed by atoms with van der Waals surface area (Å²) in [6.45, 7) is 8.56. The van der Waals surface area contributed by atoms with Crippen molar-refractivity contribution in [2.45, 2.75) is 13.8 Å². The first-order valence-electron chi connectivity index (χ1n) is 8.34. The summed E-state index contributed by atoms with van der Waals surface area (Å²) < 4.78 is 6.98. The molecule has 0 atom stereocenters. The Morgan fingerprint density at radius 2 is 1.83 bits per heavy atom. The topological polar surface area (TPSA) is 50.6 Å². The van der Waals surface area contributed by atoms with Gasteiger partial charge in [0.25, 0.3) is 5.91 Å². The van der Waals surface area contributed by atoms with Crippen molar-refractivity contribution in [1.29, 1.82) is 0 Å². The number of amides is 1. The number of hydrogen-bond acceptors (Lipinski definition) is 4. The Hall–Kier alpha value is -2.34. The van der Waals surface area contributed by atoms with Crippen LogP contribution in [0.15, 0.2) is 30.5 Å². The summed E-state index contributed by atoms with van der Waals surface area (Å²) >= 11 is 0. The number of rotatable bonds is 4. The average molecular weight is 328 g/mol. The fraction of sp³-hybridized carbons (Fsp3) is 0.444. The van der Waals surface area contributed by atoms with Crippen LogP contribution in [0.3, 0.4) is 0 Å². The molecule has 1 aliphatic rings. The maximum Gasteiger partial charge on any atom is 0.257 e. The smallest absolute Gasteiger partial charge is 0.257 e. The van der Waals surface area contributed by atoms with Gasteiger partial charge >= 0.3 is 0 Å². The lowest BCUT2D eigenvalue weighted by molar-refractivity contribution is 0.0642. The van der Waals surface area contributed by atoms with Crippen LogP contribution in [-0.4, -0.2) is 65.3 Å². The molecule has 0 aliphatic carbocycles. The van der Waals surface area contributed by atoms with Crippen LogP contribution in [0.1, 0.15) is 23.0 Å². The van der Waals surface area contributed by atoms with Crippen molar-refractivity contribution in [1.82, 2.24) is 19.6 Å². The monoisotopic (exact) mass is 328 g/mol. The molecule has 0 radical (unpaired) electrons. The number of nitrogens with zero attached hydrogens (tertiary/aromatic N) is 4.